The topological polar surface area (TPSA) is 70.3 Å². The second kappa shape index (κ2) is 3.45. The Morgan fingerprint density at radius 1 is 1.29 bits per heavy atom. The molecule has 2 heterocycles. The monoisotopic (exact) mass is 271 g/mol. The van der Waals surface area contributed by atoms with Crippen LogP contribution in [0.25, 0.3) is 5.69 Å². The smallest absolute Gasteiger partial charge is 0.277 e. The van der Waals surface area contributed by atoms with E-state index in [1.807, 2.05) is 0 Å². The van der Waals surface area contributed by atoms with E-state index in [0.717, 1.165) is 5.56 Å². The lowest BCUT2D eigenvalue weighted by atomic mass is 10.1. The number of aromatic hydroxyl groups is 2. The van der Waals surface area contributed by atoms with Gasteiger partial charge in [0.1, 0.15) is 0 Å². The number of benzene rings is 1. The molecule has 17 heavy (non-hydrogen) atoms. The summed E-state index contributed by atoms with van der Waals surface area (Å²) in [4.78, 5) is 3.78. The van der Waals surface area contributed by atoms with Crippen molar-refractivity contribution in [2.45, 2.75) is 6.54 Å². The Hall–Kier alpha value is -1.59. The molecule has 88 valence electrons. The Bertz CT molecular complexity index is 624. The van der Waals surface area contributed by atoms with Crippen LogP contribution in [-0.2, 0) is 6.54 Å². The normalized spacial score (nSPS) is 12.8. The number of anilines is 1. The summed E-state index contributed by atoms with van der Waals surface area (Å²) in [7, 11) is 0. The molecule has 1 aliphatic rings. The lowest BCUT2D eigenvalue weighted by Crippen LogP contribution is -2.15. The first kappa shape index (κ1) is 10.6. The van der Waals surface area contributed by atoms with E-state index in [1.54, 1.807) is 12.1 Å². The van der Waals surface area contributed by atoms with Crippen molar-refractivity contribution < 1.29 is 10.2 Å². The molecule has 7 heteroatoms. The molecule has 0 unspecified atom stereocenters. The van der Waals surface area contributed by atoms with Crippen LogP contribution in [0.3, 0.4) is 0 Å². The SMILES string of the molecule is Oc1nc2n(c1O)-c1ccc(Cl)c(Cl)c1CN2. The second-order valence-corrected chi connectivity index (χ2v) is 4.42. The molecule has 5 nitrogen and oxygen atoms in total. The zero-order chi connectivity index (χ0) is 12.2. The summed E-state index contributed by atoms with van der Waals surface area (Å²) in [6, 6.07) is 3.35. The van der Waals surface area contributed by atoms with Gasteiger partial charge in [-0.2, -0.15) is 4.98 Å². The van der Waals surface area contributed by atoms with E-state index in [4.69, 9.17) is 23.2 Å². The molecule has 0 bridgehead atoms. The summed E-state index contributed by atoms with van der Waals surface area (Å²) in [6.45, 7) is 0.435. The van der Waals surface area contributed by atoms with Gasteiger partial charge in [-0.15, -0.1) is 0 Å². The predicted octanol–water partition coefficient (Wildman–Crippen LogP) is 2.52. The molecule has 2 aromatic rings. The minimum atomic E-state index is -0.425. The zero-order valence-electron chi connectivity index (χ0n) is 8.41. The first-order chi connectivity index (χ1) is 8.09. The minimum absolute atomic E-state index is 0.327. The summed E-state index contributed by atoms with van der Waals surface area (Å²) < 4.78 is 1.39. The van der Waals surface area contributed by atoms with Crippen molar-refractivity contribution in [2.75, 3.05) is 5.32 Å². The van der Waals surface area contributed by atoms with E-state index >= 15 is 0 Å². The number of rotatable bonds is 0. The number of hydrogen-bond acceptors (Lipinski definition) is 4. The van der Waals surface area contributed by atoms with E-state index in [-0.39, 0.29) is 5.88 Å². The number of imidazole rings is 1. The highest BCUT2D eigenvalue weighted by atomic mass is 35.5. The molecule has 1 aliphatic heterocycles. The molecule has 0 spiro atoms. The fourth-order valence-corrected chi connectivity index (χ4v) is 2.28. The minimum Gasteiger partial charge on any atom is -0.490 e. The van der Waals surface area contributed by atoms with Gasteiger partial charge in [0.05, 0.1) is 15.7 Å². The van der Waals surface area contributed by atoms with Crippen LogP contribution in [-0.4, -0.2) is 19.8 Å². The standard InChI is InChI=1S/C10H7Cl2N3O2/c11-5-1-2-6-4(7(5)12)3-13-10-14-8(16)9(17)15(6)10/h1-2,16-17H,3H2,(H,13,14). The third-order valence-electron chi connectivity index (χ3n) is 2.67. The number of fused-ring (bicyclic) bond motifs is 3. The maximum Gasteiger partial charge on any atom is 0.277 e. The lowest BCUT2D eigenvalue weighted by molar-refractivity contribution is 0.379. The van der Waals surface area contributed by atoms with Crippen LogP contribution in [0.2, 0.25) is 10.0 Å². The quantitative estimate of drug-likeness (QED) is 0.689. The van der Waals surface area contributed by atoms with Crippen LogP contribution in [0.4, 0.5) is 5.95 Å². The number of hydrogen-bond donors (Lipinski definition) is 3. The fourth-order valence-electron chi connectivity index (χ4n) is 1.87. The number of halogens is 2. The third-order valence-corrected chi connectivity index (χ3v) is 3.51. The molecule has 3 rings (SSSR count). The molecular formula is C10H7Cl2N3O2. The van der Waals surface area contributed by atoms with Gasteiger partial charge >= 0.3 is 0 Å². The molecule has 0 saturated carbocycles. The van der Waals surface area contributed by atoms with Crippen LogP contribution in [0.15, 0.2) is 12.1 Å². The summed E-state index contributed by atoms with van der Waals surface area (Å²) >= 11 is 12.0. The van der Waals surface area contributed by atoms with Crippen molar-refractivity contribution in [3.8, 4) is 17.4 Å². The molecule has 0 radical (unpaired) electrons. The molecule has 0 aliphatic carbocycles. The fraction of sp³-hybridized carbons (Fsp3) is 0.100. The van der Waals surface area contributed by atoms with Gasteiger partial charge in [-0.3, -0.25) is 0 Å². The second-order valence-electron chi connectivity index (χ2n) is 3.63. The van der Waals surface area contributed by atoms with Gasteiger partial charge in [0, 0.05) is 12.1 Å². The highest BCUT2D eigenvalue weighted by molar-refractivity contribution is 6.42. The van der Waals surface area contributed by atoms with Gasteiger partial charge in [-0.1, -0.05) is 23.2 Å². The van der Waals surface area contributed by atoms with Gasteiger partial charge in [-0.05, 0) is 12.1 Å². The maximum absolute atomic E-state index is 9.72. The van der Waals surface area contributed by atoms with Crippen LogP contribution in [0.5, 0.6) is 11.8 Å². The van der Waals surface area contributed by atoms with Gasteiger partial charge in [0.2, 0.25) is 5.95 Å². The number of nitrogens with zero attached hydrogens (tertiary/aromatic N) is 2. The van der Waals surface area contributed by atoms with E-state index < -0.39 is 5.88 Å². The summed E-state index contributed by atoms with van der Waals surface area (Å²) in [6.07, 6.45) is 0. The zero-order valence-corrected chi connectivity index (χ0v) is 9.92. The van der Waals surface area contributed by atoms with E-state index in [1.165, 1.54) is 4.57 Å². The summed E-state index contributed by atoms with van der Waals surface area (Å²) in [5.74, 6) is -0.385. The molecule has 3 N–H and O–H groups in total. The van der Waals surface area contributed by atoms with Crippen LogP contribution in [0.1, 0.15) is 5.56 Å². The summed E-state index contributed by atoms with van der Waals surface area (Å²) in [5.41, 5.74) is 1.40. The van der Waals surface area contributed by atoms with Crippen molar-refractivity contribution in [1.29, 1.82) is 0 Å². The van der Waals surface area contributed by atoms with Gasteiger partial charge in [0.15, 0.2) is 0 Å². The molecule has 1 aromatic heterocycles. The van der Waals surface area contributed by atoms with Crippen LogP contribution < -0.4 is 5.32 Å². The van der Waals surface area contributed by atoms with Crippen molar-refractivity contribution in [3.05, 3.63) is 27.7 Å². The average Bonchev–Trinajstić information content (AvgIpc) is 2.60. The molecule has 1 aromatic carbocycles. The van der Waals surface area contributed by atoms with E-state index in [0.29, 0.717) is 28.2 Å². The molecular weight excluding hydrogens is 265 g/mol. The maximum atomic E-state index is 9.72. The van der Waals surface area contributed by atoms with Crippen molar-refractivity contribution in [3.63, 3.8) is 0 Å². The predicted molar refractivity (Wildman–Crippen MR) is 64.2 cm³/mol. The molecule has 0 fully saturated rings. The Morgan fingerprint density at radius 3 is 2.82 bits per heavy atom. The van der Waals surface area contributed by atoms with Crippen molar-refractivity contribution in [2.24, 2.45) is 0 Å². The Kier molecular flexibility index (Phi) is 2.14. The number of aromatic nitrogens is 2. The van der Waals surface area contributed by atoms with Crippen molar-refractivity contribution in [1.82, 2.24) is 9.55 Å². The Labute approximate surface area is 106 Å². The first-order valence-corrected chi connectivity index (χ1v) is 5.57. The Balaban J connectivity index is 2.33. The molecule has 0 amide bonds. The van der Waals surface area contributed by atoms with Gasteiger partial charge in [-0.25, -0.2) is 4.57 Å². The van der Waals surface area contributed by atoms with E-state index in [2.05, 4.69) is 10.3 Å². The van der Waals surface area contributed by atoms with Gasteiger partial charge in [0.25, 0.3) is 11.8 Å². The van der Waals surface area contributed by atoms with Crippen LogP contribution >= 0.6 is 23.2 Å². The lowest BCUT2D eigenvalue weighted by Gasteiger charge is -2.21. The number of nitrogens with one attached hydrogen (secondary N) is 1. The Morgan fingerprint density at radius 2 is 2.06 bits per heavy atom. The van der Waals surface area contributed by atoms with Gasteiger partial charge < -0.3 is 15.5 Å². The van der Waals surface area contributed by atoms with E-state index in [9.17, 15) is 10.2 Å². The van der Waals surface area contributed by atoms with Crippen LogP contribution in [0, 0.1) is 0 Å². The highest BCUT2D eigenvalue weighted by Gasteiger charge is 2.25. The van der Waals surface area contributed by atoms with Crippen molar-refractivity contribution >= 4 is 29.2 Å². The highest BCUT2D eigenvalue weighted by Crippen LogP contribution is 2.40. The largest absolute Gasteiger partial charge is 0.490 e. The molecule has 0 saturated heterocycles. The summed E-state index contributed by atoms with van der Waals surface area (Å²) in [5, 5.41) is 22.9. The first-order valence-electron chi connectivity index (χ1n) is 4.81. The molecule has 0 atom stereocenters. The third kappa shape index (κ3) is 1.36. The average molecular weight is 272 g/mol.